The fraction of sp³-hybridized carbons (Fsp3) is 0.200. The van der Waals surface area contributed by atoms with Crippen LogP contribution >= 0.6 is 0 Å². The number of non-ortho nitro benzene ring substituents is 1. The third kappa shape index (κ3) is 2.95. The molecule has 2 aromatic rings. The third-order valence-electron chi connectivity index (χ3n) is 3.02. The minimum absolute atomic E-state index is 0.00442. The molecule has 0 atom stereocenters. The summed E-state index contributed by atoms with van der Waals surface area (Å²) >= 11 is 0. The van der Waals surface area contributed by atoms with Crippen LogP contribution < -0.4 is 4.74 Å². The molecule has 0 amide bonds. The number of hydrogen-bond acceptors (Lipinski definition) is 4. The highest BCUT2D eigenvalue weighted by Gasteiger charge is 2.11. The zero-order valence-electron chi connectivity index (χ0n) is 11.3. The second kappa shape index (κ2) is 5.71. The molecule has 0 saturated heterocycles. The first-order chi connectivity index (χ1) is 9.51. The Morgan fingerprint density at radius 2 is 1.85 bits per heavy atom. The van der Waals surface area contributed by atoms with Crippen molar-refractivity contribution in [2.45, 2.75) is 20.5 Å². The molecule has 0 aromatic heterocycles. The van der Waals surface area contributed by atoms with Gasteiger partial charge in [0.1, 0.15) is 11.5 Å². The summed E-state index contributed by atoms with van der Waals surface area (Å²) in [6.45, 7) is 3.66. The van der Waals surface area contributed by atoms with E-state index in [2.05, 4.69) is 0 Å². The van der Waals surface area contributed by atoms with E-state index in [1.54, 1.807) is 18.2 Å². The van der Waals surface area contributed by atoms with Gasteiger partial charge in [-0.2, -0.15) is 0 Å². The van der Waals surface area contributed by atoms with Crippen LogP contribution in [0.3, 0.4) is 0 Å². The van der Waals surface area contributed by atoms with Gasteiger partial charge in [-0.3, -0.25) is 10.1 Å². The van der Waals surface area contributed by atoms with E-state index in [0.717, 1.165) is 16.7 Å². The van der Waals surface area contributed by atoms with Crippen LogP contribution in [0.4, 0.5) is 5.69 Å². The summed E-state index contributed by atoms with van der Waals surface area (Å²) < 4.78 is 5.74. The van der Waals surface area contributed by atoms with Gasteiger partial charge in [-0.25, -0.2) is 0 Å². The van der Waals surface area contributed by atoms with E-state index in [1.807, 2.05) is 19.9 Å². The molecule has 104 valence electrons. The first-order valence-corrected chi connectivity index (χ1v) is 6.14. The summed E-state index contributed by atoms with van der Waals surface area (Å²) in [4.78, 5) is 10.3. The number of benzene rings is 2. The number of aryl methyl sites for hydroxylation is 2. The highest BCUT2D eigenvalue weighted by molar-refractivity contribution is 5.47. The van der Waals surface area contributed by atoms with Gasteiger partial charge in [0, 0.05) is 6.07 Å². The van der Waals surface area contributed by atoms with Crippen LogP contribution in [-0.4, -0.2) is 10.0 Å². The van der Waals surface area contributed by atoms with Gasteiger partial charge >= 0.3 is 0 Å². The fourth-order valence-electron chi connectivity index (χ4n) is 1.86. The number of nitro benzene ring substituents is 1. The molecule has 2 aromatic carbocycles. The Bertz CT molecular complexity index is 652. The van der Waals surface area contributed by atoms with E-state index in [9.17, 15) is 10.1 Å². The molecule has 20 heavy (non-hydrogen) atoms. The summed E-state index contributed by atoms with van der Waals surface area (Å²) in [7, 11) is 0. The Morgan fingerprint density at radius 3 is 2.45 bits per heavy atom. The van der Waals surface area contributed by atoms with Crippen molar-refractivity contribution in [3.05, 3.63) is 63.2 Å². The van der Waals surface area contributed by atoms with Crippen molar-refractivity contribution in [1.29, 1.82) is 0 Å². The van der Waals surface area contributed by atoms with E-state index in [1.165, 1.54) is 12.1 Å². The minimum Gasteiger partial charge on any atom is -0.457 e. The predicted molar refractivity (Wildman–Crippen MR) is 75.0 cm³/mol. The number of aliphatic hydroxyl groups is 1. The van der Waals surface area contributed by atoms with Crippen LogP contribution in [0, 0.1) is 24.0 Å². The molecule has 5 heteroatoms. The van der Waals surface area contributed by atoms with Gasteiger partial charge in [-0.05, 0) is 42.7 Å². The van der Waals surface area contributed by atoms with Crippen LogP contribution in [0.5, 0.6) is 11.5 Å². The quantitative estimate of drug-likeness (QED) is 0.683. The first-order valence-electron chi connectivity index (χ1n) is 6.14. The SMILES string of the molecule is Cc1cc(CO)ccc1Oc1cc([N+](=O)[O-])ccc1C. The Balaban J connectivity index is 2.34. The lowest BCUT2D eigenvalue weighted by atomic mass is 10.1. The molecule has 0 bridgehead atoms. The highest BCUT2D eigenvalue weighted by atomic mass is 16.6. The van der Waals surface area contributed by atoms with Gasteiger partial charge in [-0.1, -0.05) is 12.1 Å². The molecule has 0 fully saturated rings. The van der Waals surface area contributed by atoms with Crippen LogP contribution in [0.25, 0.3) is 0 Å². The molecule has 0 radical (unpaired) electrons. The van der Waals surface area contributed by atoms with Crippen molar-refractivity contribution in [3.63, 3.8) is 0 Å². The molecule has 2 rings (SSSR count). The van der Waals surface area contributed by atoms with E-state index in [4.69, 9.17) is 9.84 Å². The van der Waals surface area contributed by atoms with Gasteiger partial charge in [-0.15, -0.1) is 0 Å². The molecule has 0 heterocycles. The van der Waals surface area contributed by atoms with Crippen molar-refractivity contribution in [3.8, 4) is 11.5 Å². The van der Waals surface area contributed by atoms with Gasteiger partial charge < -0.3 is 9.84 Å². The standard InChI is InChI=1S/C15H15NO4/c1-10-3-5-13(16(18)19)8-15(10)20-14-6-4-12(9-17)7-11(14)2/h3-8,17H,9H2,1-2H3. The number of nitro groups is 1. The average Bonchev–Trinajstić information content (AvgIpc) is 2.42. The Morgan fingerprint density at radius 1 is 1.10 bits per heavy atom. The number of hydrogen-bond donors (Lipinski definition) is 1. The summed E-state index contributed by atoms with van der Waals surface area (Å²) in [6.07, 6.45) is 0. The lowest BCUT2D eigenvalue weighted by Crippen LogP contribution is -1.94. The molecule has 0 aliphatic rings. The lowest BCUT2D eigenvalue weighted by molar-refractivity contribution is -0.384. The van der Waals surface area contributed by atoms with Crippen molar-refractivity contribution in [1.82, 2.24) is 0 Å². The number of ether oxygens (including phenoxy) is 1. The highest BCUT2D eigenvalue weighted by Crippen LogP contribution is 2.31. The number of aliphatic hydroxyl groups excluding tert-OH is 1. The van der Waals surface area contributed by atoms with Crippen molar-refractivity contribution < 1.29 is 14.8 Å². The monoisotopic (exact) mass is 273 g/mol. The van der Waals surface area contributed by atoms with Crippen molar-refractivity contribution >= 4 is 5.69 Å². The molecule has 0 aliphatic heterocycles. The maximum atomic E-state index is 10.8. The van der Waals surface area contributed by atoms with Crippen molar-refractivity contribution in [2.24, 2.45) is 0 Å². The van der Waals surface area contributed by atoms with Crippen LogP contribution in [-0.2, 0) is 6.61 Å². The second-order valence-electron chi connectivity index (χ2n) is 4.57. The van der Waals surface area contributed by atoms with Gasteiger partial charge in [0.05, 0.1) is 17.6 Å². The molecule has 0 spiro atoms. The zero-order chi connectivity index (χ0) is 14.7. The van der Waals surface area contributed by atoms with E-state index < -0.39 is 4.92 Å². The normalized spacial score (nSPS) is 10.3. The topological polar surface area (TPSA) is 72.6 Å². The second-order valence-corrected chi connectivity index (χ2v) is 4.57. The molecule has 0 unspecified atom stereocenters. The maximum Gasteiger partial charge on any atom is 0.273 e. The van der Waals surface area contributed by atoms with Crippen molar-refractivity contribution in [2.75, 3.05) is 0 Å². The largest absolute Gasteiger partial charge is 0.457 e. The summed E-state index contributed by atoms with van der Waals surface area (Å²) in [5.41, 5.74) is 2.48. The predicted octanol–water partition coefficient (Wildman–Crippen LogP) is 3.50. The molecule has 0 aliphatic carbocycles. The zero-order valence-corrected chi connectivity index (χ0v) is 11.3. The Labute approximate surface area is 116 Å². The molecule has 0 saturated carbocycles. The molecule has 5 nitrogen and oxygen atoms in total. The number of rotatable bonds is 4. The van der Waals surface area contributed by atoms with Gasteiger partial charge in [0.25, 0.3) is 5.69 Å². The molecule has 1 N–H and O–H groups in total. The summed E-state index contributed by atoms with van der Waals surface area (Å²) in [5, 5.41) is 19.9. The van der Waals surface area contributed by atoms with Crippen LogP contribution in [0.15, 0.2) is 36.4 Å². The van der Waals surface area contributed by atoms with Gasteiger partial charge in [0.2, 0.25) is 0 Å². The first kappa shape index (κ1) is 14.0. The third-order valence-corrected chi connectivity index (χ3v) is 3.02. The van der Waals surface area contributed by atoms with Crippen LogP contribution in [0.2, 0.25) is 0 Å². The summed E-state index contributed by atoms with van der Waals surface area (Å²) in [6, 6.07) is 9.85. The summed E-state index contributed by atoms with van der Waals surface area (Å²) in [5.74, 6) is 1.07. The maximum absolute atomic E-state index is 10.8. The van der Waals surface area contributed by atoms with E-state index in [0.29, 0.717) is 11.5 Å². The average molecular weight is 273 g/mol. The minimum atomic E-state index is -0.450. The molecular formula is C15H15NO4. The fourth-order valence-corrected chi connectivity index (χ4v) is 1.86. The Hall–Kier alpha value is -2.40. The van der Waals surface area contributed by atoms with E-state index >= 15 is 0 Å². The molecular weight excluding hydrogens is 258 g/mol. The number of nitrogens with zero attached hydrogens (tertiary/aromatic N) is 1. The Kier molecular flexibility index (Phi) is 4.00. The van der Waals surface area contributed by atoms with Gasteiger partial charge in [0.15, 0.2) is 0 Å². The van der Waals surface area contributed by atoms with Crippen LogP contribution in [0.1, 0.15) is 16.7 Å². The smallest absolute Gasteiger partial charge is 0.273 e. The lowest BCUT2D eigenvalue weighted by Gasteiger charge is -2.11. The van der Waals surface area contributed by atoms with E-state index in [-0.39, 0.29) is 12.3 Å².